The van der Waals surface area contributed by atoms with Crippen LogP contribution in [-0.4, -0.2) is 43.8 Å². The number of benzene rings is 2. The molecule has 0 saturated heterocycles. The Kier molecular flexibility index (Phi) is 6.54. The lowest BCUT2D eigenvalue weighted by molar-refractivity contribution is -0.145. The fourth-order valence-electron chi connectivity index (χ4n) is 4.29. The van der Waals surface area contributed by atoms with Crippen molar-refractivity contribution < 1.29 is 23.9 Å². The Bertz CT molecular complexity index is 1000. The van der Waals surface area contributed by atoms with Gasteiger partial charge in [-0.25, -0.2) is 9.59 Å². The van der Waals surface area contributed by atoms with E-state index in [0.717, 1.165) is 22.3 Å². The highest BCUT2D eigenvalue weighted by atomic mass is 16.5. The molecule has 0 aromatic heterocycles. The number of carbonyl (C=O) groups is 3. The van der Waals surface area contributed by atoms with Crippen molar-refractivity contribution in [3.8, 4) is 11.1 Å². The van der Waals surface area contributed by atoms with Gasteiger partial charge in [-0.1, -0.05) is 60.7 Å². The Balaban J connectivity index is 1.41. The Morgan fingerprint density at radius 1 is 1.03 bits per heavy atom. The molecule has 1 aliphatic heterocycles. The SMILES string of the molecule is COC(=O)[C@@H]1CC/C=C/C[C@H](NC(=O)OCC2c3ccccc3-c3ccccc32)C(=O)N1. The fourth-order valence-corrected chi connectivity index (χ4v) is 4.29. The van der Waals surface area contributed by atoms with Crippen LogP contribution in [0.25, 0.3) is 11.1 Å². The van der Waals surface area contributed by atoms with Crippen LogP contribution in [0.5, 0.6) is 0 Å². The first kappa shape index (κ1) is 21.6. The average Bonchev–Trinajstić information content (AvgIpc) is 3.17. The molecular weight excluding hydrogens is 408 g/mol. The van der Waals surface area contributed by atoms with E-state index in [-0.39, 0.29) is 12.5 Å². The Morgan fingerprint density at radius 2 is 1.69 bits per heavy atom. The van der Waals surface area contributed by atoms with Crippen molar-refractivity contribution in [3.05, 3.63) is 71.8 Å². The third-order valence-electron chi connectivity index (χ3n) is 5.91. The van der Waals surface area contributed by atoms with E-state index in [2.05, 4.69) is 22.8 Å². The highest BCUT2D eigenvalue weighted by Gasteiger charge is 2.30. The number of methoxy groups -OCH3 is 1. The van der Waals surface area contributed by atoms with Gasteiger partial charge in [0.2, 0.25) is 5.91 Å². The smallest absolute Gasteiger partial charge is 0.407 e. The van der Waals surface area contributed by atoms with Gasteiger partial charge in [0.1, 0.15) is 18.7 Å². The summed E-state index contributed by atoms with van der Waals surface area (Å²) in [6, 6.07) is 14.6. The molecule has 1 heterocycles. The van der Waals surface area contributed by atoms with Crippen molar-refractivity contribution in [2.75, 3.05) is 13.7 Å². The number of allylic oxidation sites excluding steroid dienone is 1. The van der Waals surface area contributed by atoms with Gasteiger partial charge in [-0.3, -0.25) is 4.79 Å². The Labute approximate surface area is 186 Å². The Morgan fingerprint density at radius 3 is 2.34 bits per heavy atom. The number of esters is 1. The molecule has 0 saturated carbocycles. The summed E-state index contributed by atoms with van der Waals surface area (Å²) >= 11 is 0. The molecule has 0 fully saturated rings. The van der Waals surface area contributed by atoms with E-state index < -0.39 is 30.1 Å². The first-order valence-corrected chi connectivity index (χ1v) is 10.7. The molecule has 0 unspecified atom stereocenters. The van der Waals surface area contributed by atoms with Crippen LogP contribution < -0.4 is 10.6 Å². The molecule has 2 amide bonds. The van der Waals surface area contributed by atoms with Gasteiger partial charge < -0.3 is 20.1 Å². The molecule has 0 spiro atoms. The van der Waals surface area contributed by atoms with E-state index >= 15 is 0 Å². The second kappa shape index (κ2) is 9.68. The third-order valence-corrected chi connectivity index (χ3v) is 5.91. The first-order chi connectivity index (χ1) is 15.6. The van der Waals surface area contributed by atoms with Gasteiger partial charge in [-0.15, -0.1) is 0 Å². The number of ether oxygens (including phenoxy) is 2. The number of carbonyl (C=O) groups excluding carboxylic acids is 3. The summed E-state index contributed by atoms with van der Waals surface area (Å²) in [4.78, 5) is 37.1. The molecule has 7 nitrogen and oxygen atoms in total. The summed E-state index contributed by atoms with van der Waals surface area (Å²) in [6.07, 6.45) is 4.42. The molecular formula is C25H26N2O5. The molecule has 32 heavy (non-hydrogen) atoms. The lowest BCUT2D eigenvalue weighted by Crippen LogP contribution is -2.51. The second-order valence-electron chi connectivity index (χ2n) is 7.89. The van der Waals surface area contributed by atoms with E-state index in [1.165, 1.54) is 7.11 Å². The molecule has 4 rings (SSSR count). The van der Waals surface area contributed by atoms with Crippen LogP contribution in [0.3, 0.4) is 0 Å². The van der Waals surface area contributed by atoms with Crippen molar-refractivity contribution in [3.63, 3.8) is 0 Å². The predicted molar refractivity (Wildman–Crippen MR) is 119 cm³/mol. The van der Waals surface area contributed by atoms with Crippen molar-refractivity contribution in [1.29, 1.82) is 0 Å². The monoisotopic (exact) mass is 434 g/mol. The maximum atomic E-state index is 12.7. The highest BCUT2D eigenvalue weighted by Crippen LogP contribution is 2.44. The summed E-state index contributed by atoms with van der Waals surface area (Å²) in [7, 11) is 1.28. The zero-order valence-corrected chi connectivity index (χ0v) is 17.9. The minimum absolute atomic E-state index is 0.0638. The van der Waals surface area contributed by atoms with Crippen molar-refractivity contribution in [2.45, 2.75) is 37.3 Å². The topological polar surface area (TPSA) is 93.7 Å². The van der Waals surface area contributed by atoms with Crippen LogP contribution in [-0.2, 0) is 19.1 Å². The molecule has 7 heteroatoms. The molecule has 166 valence electrons. The molecule has 0 bridgehead atoms. The lowest BCUT2D eigenvalue weighted by Gasteiger charge is -2.21. The molecule has 2 aliphatic rings. The van der Waals surface area contributed by atoms with Gasteiger partial charge in [0.25, 0.3) is 0 Å². The Hall–Kier alpha value is -3.61. The van der Waals surface area contributed by atoms with Crippen molar-refractivity contribution >= 4 is 18.0 Å². The zero-order chi connectivity index (χ0) is 22.5. The largest absolute Gasteiger partial charge is 0.467 e. The van der Waals surface area contributed by atoms with E-state index in [1.807, 2.05) is 48.6 Å². The third kappa shape index (κ3) is 4.51. The quantitative estimate of drug-likeness (QED) is 0.569. The van der Waals surface area contributed by atoms with Crippen molar-refractivity contribution in [2.24, 2.45) is 0 Å². The molecule has 2 aromatic carbocycles. The summed E-state index contributed by atoms with van der Waals surface area (Å²) in [5.74, 6) is -1.01. The highest BCUT2D eigenvalue weighted by molar-refractivity contribution is 5.90. The number of amides is 2. The van der Waals surface area contributed by atoms with Gasteiger partial charge >= 0.3 is 12.1 Å². The van der Waals surface area contributed by atoms with Crippen LogP contribution in [0.2, 0.25) is 0 Å². The zero-order valence-electron chi connectivity index (χ0n) is 17.9. The molecule has 0 radical (unpaired) electrons. The number of hydrogen-bond acceptors (Lipinski definition) is 5. The van der Waals surface area contributed by atoms with Gasteiger partial charge in [0, 0.05) is 5.92 Å². The number of fused-ring (bicyclic) bond motifs is 3. The van der Waals surface area contributed by atoms with E-state index in [4.69, 9.17) is 9.47 Å². The average molecular weight is 434 g/mol. The van der Waals surface area contributed by atoms with Crippen LogP contribution in [0, 0.1) is 0 Å². The minimum atomic E-state index is -0.841. The van der Waals surface area contributed by atoms with Gasteiger partial charge in [0.15, 0.2) is 0 Å². The summed E-state index contributed by atoms with van der Waals surface area (Å²) in [5, 5.41) is 5.30. The molecule has 1 aliphatic carbocycles. The molecule has 2 atom stereocenters. The maximum Gasteiger partial charge on any atom is 0.407 e. The second-order valence-corrected chi connectivity index (χ2v) is 7.89. The minimum Gasteiger partial charge on any atom is -0.467 e. The van der Waals surface area contributed by atoms with E-state index in [0.29, 0.717) is 19.3 Å². The standard InChI is InChI=1S/C25H26N2O5/c1-31-24(29)22-14-4-2-3-13-21(23(28)26-22)27-25(30)32-15-20-18-11-7-5-9-16(18)17-10-6-8-12-19(17)20/h2-3,5-12,20-22H,4,13-15H2,1H3,(H,26,28)(H,27,30)/b3-2+/t21-,22-/m0/s1. The lowest BCUT2D eigenvalue weighted by atomic mass is 9.98. The first-order valence-electron chi connectivity index (χ1n) is 10.7. The van der Waals surface area contributed by atoms with Crippen LogP contribution in [0.4, 0.5) is 4.79 Å². The van der Waals surface area contributed by atoms with Gasteiger partial charge in [-0.2, -0.15) is 0 Å². The maximum absolute atomic E-state index is 12.7. The van der Waals surface area contributed by atoms with Crippen molar-refractivity contribution in [1.82, 2.24) is 10.6 Å². The van der Waals surface area contributed by atoms with E-state index in [1.54, 1.807) is 0 Å². The number of rotatable bonds is 4. The number of hydrogen-bond donors (Lipinski definition) is 2. The van der Waals surface area contributed by atoms with Crippen LogP contribution >= 0.6 is 0 Å². The van der Waals surface area contributed by atoms with E-state index in [9.17, 15) is 14.4 Å². The van der Waals surface area contributed by atoms with Crippen LogP contribution in [0.1, 0.15) is 36.3 Å². The molecule has 2 aromatic rings. The van der Waals surface area contributed by atoms with Gasteiger partial charge in [-0.05, 0) is 41.5 Å². The number of nitrogens with one attached hydrogen (secondary N) is 2. The molecule has 2 N–H and O–H groups in total. The summed E-state index contributed by atoms with van der Waals surface area (Å²) < 4.78 is 10.3. The van der Waals surface area contributed by atoms with Crippen LogP contribution in [0.15, 0.2) is 60.7 Å². The normalized spacial score (nSPS) is 21.1. The fraction of sp³-hybridized carbons (Fsp3) is 0.320. The van der Waals surface area contributed by atoms with Gasteiger partial charge in [0.05, 0.1) is 7.11 Å². The number of alkyl carbamates (subject to hydrolysis) is 1. The summed E-state index contributed by atoms with van der Waals surface area (Å²) in [5.41, 5.74) is 4.52. The predicted octanol–water partition coefficient (Wildman–Crippen LogP) is 3.29. The summed E-state index contributed by atoms with van der Waals surface area (Å²) in [6.45, 7) is 0.162.